The minimum absolute atomic E-state index is 0.0755. The summed E-state index contributed by atoms with van der Waals surface area (Å²) in [6.07, 6.45) is 17.3. The highest BCUT2D eigenvalue weighted by atomic mass is 16.5. The van der Waals surface area contributed by atoms with Crippen LogP contribution in [0.1, 0.15) is 89.0 Å². The Labute approximate surface area is 154 Å². The molecule has 2 N–H and O–H groups in total. The van der Waals surface area contributed by atoms with Crippen LogP contribution in [0.2, 0.25) is 0 Å². The molecule has 0 bridgehead atoms. The molecule has 0 aromatic heterocycles. The number of hydrogen-bond donors (Lipinski definition) is 1. The van der Waals surface area contributed by atoms with E-state index in [1.54, 1.807) is 0 Å². The molecular formula is C22H37NO2. The second kappa shape index (κ2) is 14.8. The number of methoxy groups -OCH3 is 1. The highest BCUT2D eigenvalue weighted by Gasteiger charge is 1.99. The Bertz CT molecular complexity index is 442. The number of carbonyl (C=O) groups is 1. The molecule has 1 rings (SSSR count). The van der Waals surface area contributed by atoms with Gasteiger partial charge in [-0.25, -0.2) is 0 Å². The van der Waals surface area contributed by atoms with Gasteiger partial charge in [-0.1, -0.05) is 76.3 Å². The molecule has 0 spiro atoms. The van der Waals surface area contributed by atoms with E-state index in [-0.39, 0.29) is 5.97 Å². The summed E-state index contributed by atoms with van der Waals surface area (Å²) in [5.74, 6) is -0.0755. The number of carbonyl (C=O) groups excluding carboxylic acids is 1. The number of anilines is 1. The van der Waals surface area contributed by atoms with Gasteiger partial charge in [-0.15, -0.1) is 0 Å². The maximum absolute atomic E-state index is 11.0. The quantitative estimate of drug-likeness (QED) is 0.238. The monoisotopic (exact) mass is 347 g/mol. The van der Waals surface area contributed by atoms with Crippen LogP contribution in [0.25, 0.3) is 0 Å². The van der Waals surface area contributed by atoms with Crippen molar-refractivity contribution in [2.75, 3.05) is 12.8 Å². The van der Waals surface area contributed by atoms with Crippen LogP contribution in [-0.4, -0.2) is 13.1 Å². The predicted molar refractivity (Wildman–Crippen MR) is 107 cm³/mol. The predicted octanol–water partition coefficient (Wildman–Crippen LogP) is 6.06. The van der Waals surface area contributed by atoms with E-state index in [0.29, 0.717) is 6.42 Å². The number of ether oxygens (including phenoxy) is 1. The van der Waals surface area contributed by atoms with E-state index in [1.807, 2.05) is 12.1 Å². The molecule has 1 aromatic rings. The summed E-state index contributed by atoms with van der Waals surface area (Å²) >= 11 is 0. The van der Waals surface area contributed by atoms with Crippen LogP contribution in [0.3, 0.4) is 0 Å². The van der Waals surface area contributed by atoms with Gasteiger partial charge in [0.2, 0.25) is 0 Å². The first-order valence-corrected chi connectivity index (χ1v) is 10.1. The van der Waals surface area contributed by atoms with Crippen LogP contribution in [0, 0.1) is 0 Å². The summed E-state index contributed by atoms with van der Waals surface area (Å²) in [5.41, 5.74) is 7.96. The maximum Gasteiger partial charge on any atom is 0.305 e. The molecule has 25 heavy (non-hydrogen) atoms. The summed E-state index contributed by atoms with van der Waals surface area (Å²) in [5, 5.41) is 0. The van der Waals surface area contributed by atoms with Crippen molar-refractivity contribution in [3.05, 3.63) is 29.8 Å². The van der Waals surface area contributed by atoms with Gasteiger partial charge in [0.15, 0.2) is 0 Å². The second-order valence-corrected chi connectivity index (χ2v) is 7.06. The van der Waals surface area contributed by atoms with Crippen molar-refractivity contribution in [2.24, 2.45) is 0 Å². The molecule has 0 radical (unpaired) electrons. The average Bonchev–Trinajstić information content (AvgIpc) is 2.63. The van der Waals surface area contributed by atoms with Gasteiger partial charge in [-0.2, -0.15) is 0 Å². The fourth-order valence-corrected chi connectivity index (χ4v) is 3.15. The fraction of sp³-hybridized carbons (Fsp3) is 0.682. The van der Waals surface area contributed by atoms with Crippen molar-refractivity contribution in [1.82, 2.24) is 0 Å². The van der Waals surface area contributed by atoms with Crippen molar-refractivity contribution in [2.45, 2.75) is 89.9 Å². The molecule has 0 aliphatic carbocycles. The Kier molecular flexibility index (Phi) is 12.7. The van der Waals surface area contributed by atoms with E-state index in [9.17, 15) is 4.79 Å². The molecule has 0 fully saturated rings. The summed E-state index contributed by atoms with van der Waals surface area (Å²) in [6.45, 7) is 0. The van der Waals surface area contributed by atoms with E-state index >= 15 is 0 Å². The van der Waals surface area contributed by atoms with E-state index in [4.69, 9.17) is 5.73 Å². The Hall–Kier alpha value is -1.51. The molecule has 3 nitrogen and oxygen atoms in total. The van der Waals surface area contributed by atoms with Crippen LogP contribution in [0.5, 0.6) is 0 Å². The Balaban J connectivity index is 1.77. The van der Waals surface area contributed by atoms with Crippen LogP contribution in [-0.2, 0) is 16.0 Å². The highest BCUT2D eigenvalue weighted by Crippen LogP contribution is 2.14. The molecule has 0 amide bonds. The minimum Gasteiger partial charge on any atom is -0.469 e. The van der Waals surface area contributed by atoms with Gasteiger partial charge in [0.25, 0.3) is 0 Å². The SMILES string of the molecule is COC(=O)CCCCCCCCCCCCCCc1ccc(N)cc1. The molecule has 0 unspecified atom stereocenters. The number of nitrogen functional groups attached to an aromatic ring is 1. The molecule has 142 valence electrons. The van der Waals surface area contributed by atoms with Gasteiger partial charge in [0.1, 0.15) is 0 Å². The lowest BCUT2D eigenvalue weighted by Gasteiger charge is -2.04. The number of hydrogen-bond acceptors (Lipinski definition) is 3. The lowest BCUT2D eigenvalue weighted by atomic mass is 10.0. The number of rotatable bonds is 15. The van der Waals surface area contributed by atoms with Crippen molar-refractivity contribution >= 4 is 11.7 Å². The van der Waals surface area contributed by atoms with Crippen LogP contribution < -0.4 is 5.73 Å². The van der Waals surface area contributed by atoms with Gasteiger partial charge in [0, 0.05) is 12.1 Å². The number of esters is 1. The average molecular weight is 348 g/mol. The Morgan fingerprint density at radius 3 is 1.68 bits per heavy atom. The summed E-state index contributed by atoms with van der Waals surface area (Å²) < 4.78 is 4.64. The molecule has 0 saturated heterocycles. The third kappa shape index (κ3) is 12.5. The molecule has 0 atom stereocenters. The normalized spacial score (nSPS) is 10.8. The lowest BCUT2D eigenvalue weighted by Crippen LogP contribution is -1.99. The lowest BCUT2D eigenvalue weighted by molar-refractivity contribution is -0.140. The molecule has 0 aliphatic rings. The zero-order valence-electron chi connectivity index (χ0n) is 16.1. The Morgan fingerprint density at radius 1 is 0.760 bits per heavy atom. The van der Waals surface area contributed by atoms with Crippen LogP contribution in [0.4, 0.5) is 5.69 Å². The third-order valence-electron chi connectivity index (χ3n) is 4.80. The zero-order chi connectivity index (χ0) is 18.2. The van der Waals surface area contributed by atoms with Gasteiger partial charge in [-0.3, -0.25) is 4.79 Å². The minimum atomic E-state index is -0.0755. The second-order valence-electron chi connectivity index (χ2n) is 7.06. The number of benzene rings is 1. The van der Waals surface area contributed by atoms with Gasteiger partial charge in [0.05, 0.1) is 7.11 Å². The fourth-order valence-electron chi connectivity index (χ4n) is 3.15. The first-order valence-electron chi connectivity index (χ1n) is 10.1. The topological polar surface area (TPSA) is 52.3 Å². The van der Waals surface area contributed by atoms with E-state index in [1.165, 1.54) is 83.3 Å². The number of nitrogens with two attached hydrogens (primary N) is 1. The van der Waals surface area contributed by atoms with Gasteiger partial charge >= 0.3 is 5.97 Å². The van der Waals surface area contributed by atoms with E-state index < -0.39 is 0 Å². The van der Waals surface area contributed by atoms with Crippen molar-refractivity contribution < 1.29 is 9.53 Å². The van der Waals surface area contributed by atoms with Gasteiger partial charge in [-0.05, 0) is 37.0 Å². The summed E-state index contributed by atoms with van der Waals surface area (Å²) in [6, 6.07) is 8.28. The molecule has 0 aliphatic heterocycles. The summed E-state index contributed by atoms with van der Waals surface area (Å²) in [7, 11) is 1.46. The first-order chi connectivity index (χ1) is 12.2. The van der Waals surface area contributed by atoms with Crippen molar-refractivity contribution in [1.29, 1.82) is 0 Å². The van der Waals surface area contributed by atoms with E-state index in [2.05, 4.69) is 16.9 Å². The summed E-state index contributed by atoms with van der Waals surface area (Å²) in [4.78, 5) is 11.0. The largest absolute Gasteiger partial charge is 0.469 e. The molecule has 0 saturated carbocycles. The Morgan fingerprint density at radius 2 is 1.20 bits per heavy atom. The number of aryl methyl sites for hydroxylation is 1. The van der Waals surface area contributed by atoms with Crippen LogP contribution >= 0.6 is 0 Å². The molecule has 3 heteroatoms. The number of unbranched alkanes of at least 4 members (excludes halogenated alkanes) is 11. The zero-order valence-corrected chi connectivity index (χ0v) is 16.1. The molecule has 1 aromatic carbocycles. The molecular weight excluding hydrogens is 310 g/mol. The first kappa shape index (κ1) is 21.5. The standard InChI is InChI=1S/C22H37NO2/c1-25-22(24)15-13-11-9-7-5-3-2-4-6-8-10-12-14-20-16-18-21(23)19-17-20/h16-19H,2-15,23H2,1H3. The van der Waals surface area contributed by atoms with Crippen LogP contribution in [0.15, 0.2) is 24.3 Å². The smallest absolute Gasteiger partial charge is 0.305 e. The highest BCUT2D eigenvalue weighted by molar-refractivity contribution is 5.68. The van der Waals surface area contributed by atoms with E-state index in [0.717, 1.165) is 18.5 Å². The molecule has 0 heterocycles. The maximum atomic E-state index is 11.0. The van der Waals surface area contributed by atoms with Gasteiger partial charge < -0.3 is 10.5 Å². The van der Waals surface area contributed by atoms with Crippen molar-refractivity contribution in [3.8, 4) is 0 Å². The third-order valence-corrected chi connectivity index (χ3v) is 4.80. The van der Waals surface area contributed by atoms with Crippen molar-refractivity contribution in [3.63, 3.8) is 0 Å².